The van der Waals surface area contributed by atoms with E-state index in [0.29, 0.717) is 10.7 Å². The molecule has 0 radical (unpaired) electrons. The van der Waals surface area contributed by atoms with Crippen LogP contribution in [0.25, 0.3) is 0 Å². The van der Waals surface area contributed by atoms with Gasteiger partial charge in [-0.3, -0.25) is 9.88 Å². The minimum atomic E-state index is 0.344. The highest BCUT2D eigenvalue weighted by Crippen LogP contribution is 2.14. The molecule has 0 bridgehead atoms. The molecule has 19 heavy (non-hydrogen) atoms. The quantitative estimate of drug-likeness (QED) is 0.843. The molecule has 6 heteroatoms. The molecule has 3 rings (SSSR count). The predicted octanol–water partition coefficient (Wildman–Crippen LogP) is 0.928. The van der Waals surface area contributed by atoms with Crippen LogP contribution >= 0.6 is 12.2 Å². The summed E-state index contributed by atoms with van der Waals surface area (Å²) in [6.45, 7) is 3.75. The van der Waals surface area contributed by atoms with Gasteiger partial charge in [0.05, 0.1) is 12.2 Å². The van der Waals surface area contributed by atoms with E-state index in [4.69, 9.17) is 18.0 Å². The highest BCUT2D eigenvalue weighted by molar-refractivity contribution is 7.80. The van der Waals surface area contributed by atoms with Gasteiger partial charge in [0.25, 0.3) is 0 Å². The van der Waals surface area contributed by atoms with Crippen molar-refractivity contribution in [1.29, 1.82) is 0 Å². The highest BCUT2D eigenvalue weighted by atomic mass is 32.1. The van der Waals surface area contributed by atoms with Crippen molar-refractivity contribution in [3.05, 3.63) is 47.8 Å². The van der Waals surface area contributed by atoms with Crippen molar-refractivity contribution < 1.29 is 0 Å². The third kappa shape index (κ3) is 2.64. The largest absolute Gasteiger partial charge is 0.388 e. The maximum absolute atomic E-state index is 5.61. The summed E-state index contributed by atoms with van der Waals surface area (Å²) in [5.41, 5.74) is 7.47. The molecular formula is C13H15N5S. The first-order valence-corrected chi connectivity index (χ1v) is 6.60. The lowest BCUT2D eigenvalue weighted by molar-refractivity contribution is 0.209. The van der Waals surface area contributed by atoms with Crippen LogP contribution in [0.2, 0.25) is 0 Å². The van der Waals surface area contributed by atoms with Gasteiger partial charge in [-0.1, -0.05) is 12.2 Å². The molecule has 2 N–H and O–H groups in total. The number of hydrogen-bond acceptors (Lipinski definition) is 4. The molecule has 0 aromatic carbocycles. The standard InChI is InChI=1S/C13H15N5S/c14-13(19)11-7-10(1-2-15-11)8-17-5-6-18-4-3-16-12(18)9-17/h1-4,7H,5-6,8-9H2,(H2,14,19). The number of thiocarbonyl (C=S) groups is 1. The Kier molecular flexibility index (Phi) is 3.27. The van der Waals surface area contributed by atoms with Crippen molar-refractivity contribution in [2.24, 2.45) is 5.73 Å². The lowest BCUT2D eigenvalue weighted by Crippen LogP contribution is -2.33. The first-order chi connectivity index (χ1) is 9.22. The monoisotopic (exact) mass is 273 g/mol. The summed E-state index contributed by atoms with van der Waals surface area (Å²) in [4.78, 5) is 11.2. The Morgan fingerprint density at radius 2 is 2.21 bits per heavy atom. The molecule has 0 atom stereocenters. The molecule has 2 aromatic heterocycles. The van der Waals surface area contributed by atoms with Gasteiger partial charge in [0.1, 0.15) is 10.8 Å². The summed E-state index contributed by atoms with van der Waals surface area (Å²) in [5, 5.41) is 0. The van der Waals surface area contributed by atoms with Crippen molar-refractivity contribution in [2.75, 3.05) is 6.54 Å². The van der Waals surface area contributed by atoms with E-state index >= 15 is 0 Å². The summed E-state index contributed by atoms with van der Waals surface area (Å²) in [7, 11) is 0. The molecule has 0 amide bonds. The van der Waals surface area contributed by atoms with E-state index in [2.05, 4.69) is 19.4 Å². The summed E-state index contributed by atoms with van der Waals surface area (Å²) < 4.78 is 2.20. The van der Waals surface area contributed by atoms with Crippen LogP contribution in [-0.4, -0.2) is 31.0 Å². The average molecular weight is 273 g/mol. The van der Waals surface area contributed by atoms with E-state index < -0.39 is 0 Å². The van der Waals surface area contributed by atoms with Crippen molar-refractivity contribution in [3.8, 4) is 0 Å². The Morgan fingerprint density at radius 3 is 3.05 bits per heavy atom. The van der Waals surface area contributed by atoms with Gasteiger partial charge in [0.2, 0.25) is 0 Å². The Bertz CT molecular complexity index is 607. The Hall–Kier alpha value is -1.79. The van der Waals surface area contributed by atoms with Crippen LogP contribution in [0, 0.1) is 0 Å². The summed E-state index contributed by atoms with van der Waals surface area (Å²) in [5.74, 6) is 1.12. The number of nitrogens with two attached hydrogens (primary N) is 1. The second kappa shape index (κ2) is 5.07. The summed E-state index contributed by atoms with van der Waals surface area (Å²) in [6, 6.07) is 3.96. The highest BCUT2D eigenvalue weighted by Gasteiger charge is 2.16. The van der Waals surface area contributed by atoms with Crippen LogP contribution in [0.1, 0.15) is 17.1 Å². The van der Waals surface area contributed by atoms with Crippen LogP contribution in [0.5, 0.6) is 0 Å². The number of rotatable bonds is 3. The van der Waals surface area contributed by atoms with E-state index in [1.807, 2.05) is 24.5 Å². The third-order valence-electron chi connectivity index (χ3n) is 3.31. The van der Waals surface area contributed by atoms with Gasteiger partial charge >= 0.3 is 0 Å². The fourth-order valence-corrected chi connectivity index (χ4v) is 2.44. The van der Waals surface area contributed by atoms with Crippen molar-refractivity contribution in [2.45, 2.75) is 19.6 Å². The van der Waals surface area contributed by atoms with Crippen LogP contribution in [-0.2, 0) is 19.6 Å². The number of pyridine rings is 1. The van der Waals surface area contributed by atoms with Crippen LogP contribution in [0.4, 0.5) is 0 Å². The molecule has 0 unspecified atom stereocenters. The SMILES string of the molecule is NC(=S)c1cc(CN2CCn3ccnc3C2)ccn1. The molecule has 0 aliphatic carbocycles. The van der Waals surface area contributed by atoms with Gasteiger partial charge in [0, 0.05) is 38.2 Å². The second-order valence-electron chi connectivity index (χ2n) is 4.66. The number of imidazole rings is 1. The fourth-order valence-electron chi connectivity index (χ4n) is 2.32. The molecule has 1 aliphatic heterocycles. The normalized spacial score (nSPS) is 15.2. The van der Waals surface area contributed by atoms with Gasteiger partial charge in [-0.15, -0.1) is 0 Å². The van der Waals surface area contributed by atoms with Gasteiger partial charge in [-0.25, -0.2) is 4.98 Å². The summed E-state index contributed by atoms with van der Waals surface area (Å²) in [6.07, 6.45) is 5.65. The summed E-state index contributed by atoms with van der Waals surface area (Å²) >= 11 is 4.95. The number of fused-ring (bicyclic) bond motifs is 1. The van der Waals surface area contributed by atoms with Crippen molar-refractivity contribution in [3.63, 3.8) is 0 Å². The zero-order chi connectivity index (χ0) is 13.2. The molecule has 3 heterocycles. The molecule has 98 valence electrons. The zero-order valence-electron chi connectivity index (χ0n) is 10.5. The minimum Gasteiger partial charge on any atom is -0.388 e. The fraction of sp³-hybridized carbons (Fsp3) is 0.308. The number of nitrogens with zero attached hydrogens (tertiary/aromatic N) is 4. The minimum absolute atomic E-state index is 0.344. The molecular weight excluding hydrogens is 258 g/mol. The van der Waals surface area contributed by atoms with E-state index in [9.17, 15) is 0 Å². The average Bonchev–Trinajstić information content (AvgIpc) is 2.86. The van der Waals surface area contributed by atoms with E-state index in [1.54, 1.807) is 6.20 Å². The maximum Gasteiger partial charge on any atom is 0.122 e. The van der Waals surface area contributed by atoms with E-state index in [-0.39, 0.29) is 0 Å². The molecule has 0 spiro atoms. The van der Waals surface area contributed by atoms with Crippen LogP contribution in [0.15, 0.2) is 30.7 Å². The lowest BCUT2D eigenvalue weighted by Gasteiger charge is -2.27. The Labute approximate surface area is 117 Å². The number of aromatic nitrogens is 3. The van der Waals surface area contributed by atoms with Crippen molar-refractivity contribution >= 4 is 17.2 Å². The van der Waals surface area contributed by atoms with Gasteiger partial charge in [0.15, 0.2) is 0 Å². The topological polar surface area (TPSA) is 60.0 Å². The first-order valence-electron chi connectivity index (χ1n) is 6.19. The van der Waals surface area contributed by atoms with Crippen LogP contribution < -0.4 is 5.73 Å². The maximum atomic E-state index is 5.61. The van der Waals surface area contributed by atoms with Crippen LogP contribution in [0.3, 0.4) is 0 Å². The van der Waals surface area contributed by atoms with Gasteiger partial charge in [-0.2, -0.15) is 0 Å². The van der Waals surface area contributed by atoms with E-state index in [1.165, 1.54) is 5.56 Å². The molecule has 5 nitrogen and oxygen atoms in total. The van der Waals surface area contributed by atoms with Gasteiger partial charge in [-0.05, 0) is 17.7 Å². The molecule has 1 aliphatic rings. The first kappa shape index (κ1) is 12.3. The zero-order valence-corrected chi connectivity index (χ0v) is 11.3. The molecule has 0 fully saturated rings. The Morgan fingerprint density at radius 1 is 1.32 bits per heavy atom. The molecule has 2 aromatic rings. The third-order valence-corrected chi connectivity index (χ3v) is 3.52. The Balaban J connectivity index is 1.72. The smallest absolute Gasteiger partial charge is 0.122 e. The lowest BCUT2D eigenvalue weighted by atomic mass is 10.2. The van der Waals surface area contributed by atoms with Gasteiger partial charge < -0.3 is 10.3 Å². The van der Waals surface area contributed by atoms with E-state index in [0.717, 1.165) is 32.0 Å². The predicted molar refractivity (Wildman–Crippen MR) is 76.5 cm³/mol. The van der Waals surface area contributed by atoms with Crippen molar-refractivity contribution in [1.82, 2.24) is 19.4 Å². The number of hydrogen-bond donors (Lipinski definition) is 1. The molecule has 0 saturated heterocycles. The molecule has 0 saturated carbocycles. The second-order valence-corrected chi connectivity index (χ2v) is 5.10.